The van der Waals surface area contributed by atoms with Crippen molar-refractivity contribution >= 4 is 0 Å². The molecule has 1 saturated heterocycles. The van der Waals surface area contributed by atoms with Crippen LogP contribution in [0.2, 0.25) is 0 Å². The summed E-state index contributed by atoms with van der Waals surface area (Å²) >= 11 is 0. The van der Waals surface area contributed by atoms with Crippen molar-refractivity contribution < 1.29 is 0 Å². The monoisotopic (exact) mass is 242 g/mol. The largest absolute Gasteiger partial charge is 0.329 e. The lowest BCUT2D eigenvalue weighted by Crippen LogP contribution is -2.62. The molecule has 0 aromatic carbocycles. The average Bonchev–Trinajstić information content (AvgIpc) is 2.33. The highest BCUT2D eigenvalue weighted by atomic mass is 15.5. The second kappa shape index (κ2) is 7.31. The summed E-state index contributed by atoms with van der Waals surface area (Å²) in [6, 6.07) is 0. The fourth-order valence-electron chi connectivity index (χ4n) is 2.70. The minimum Gasteiger partial charge on any atom is -0.329 e. The van der Waals surface area contributed by atoms with Gasteiger partial charge >= 0.3 is 0 Å². The second-order valence-electron chi connectivity index (χ2n) is 5.39. The first-order chi connectivity index (χ1) is 8.15. The van der Waals surface area contributed by atoms with Crippen molar-refractivity contribution in [3.05, 3.63) is 0 Å². The SMILES string of the molecule is CCCC(CN)(CCC)NN1CCN(C)CC1. The number of piperazine rings is 1. The predicted molar refractivity (Wildman–Crippen MR) is 73.8 cm³/mol. The lowest BCUT2D eigenvalue weighted by Gasteiger charge is -2.42. The van der Waals surface area contributed by atoms with Gasteiger partial charge in [0.1, 0.15) is 0 Å². The van der Waals surface area contributed by atoms with Crippen molar-refractivity contribution in [1.82, 2.24) is 15.3 Å². The van der Waals surface area contributed by atoms with Gasteiger partial charge in [0, 0.05) is 38.3 Å². The van der Waals surface area contributed by atoms with Gasteiger partial charge in [-0.25, -0.2) is 10.4 Å². The van der Waals surface area contributed by atoms with E-state index in [4.69, 9.17) is 5.73 Å². The Kier molecular flexibility index (Phi) is 6.41. The van der Waals surface area contributed by atoms with Crippen LogP contribution in [0, 0.1) is 0 Å². The summed E-state index contributed by atoms with van der Waals surface area (Å²) in [5.41, 5.74) is 9.87. The van der Waals surface area contributed by atoms with E-state index in [0.29, 0.717) is 0 Å². The Labute approximate surface area is 106 Å². The van der Waals surface area contributed by atoms with E-state index in [0.717, 1.165) is 32.7 Å². The van der Waals surface area contributed by atoms with Crippen LogP contribution >= 0.6 is 0 Å². The van der Waals surface area contributed by atoms with Crippen LogP contribution in [-0.4, -0.2) is 55.2 Å². The molecule has 0 bridgehead atoms. The van der Waals surface area contributed by atoms with Gasteiger partial charge in [-0.1, -0.05) is 26.7 Å². The van der Waals surface area contributed by atoms with E-state index in [1.165, 1.54) is 25.7 Å². The zero-order valence-electron chi connectivity index (χ0n) is 11.8. The number of nitrogens with two attached hydrogens (primary N) is 1. The van der Waals surface area contributed by atoms with Crippen LogP contribution in [0.1, 0.15) is 39.5 Å². The fourth-order valence-corrected chi connectivity index (χ4v) is 2.70. The van der Waals surface area contributed by atoms with Crippen molar-refractivity contribution in [2.75, 3.05) is 39.8 Å². The first-order valence-electron chi connectivity index (χ1n) is 7.07. The molecular formula is C13H30N4. The van der Waals surface area contributed by atoms with E-state index in [2.05, 4.69) is 36.2 Å². The normalized spacial score (nSPS) is 19.8. The summed E-state index contributed by atoms with van der Waals surface area (Å²) in [4.78, 5) is 2.38. The van der Waals surface area contributed by atoms with Crippen LogP contribution in [0.15, 0.2) is 0 Å². The number of rotatable bonds is 7. The minimum absolute atomic E-state index is 0.124. The Morgan fingerprint density at radius 1 is 1.06 bits per heavy atom. The van der Waals surface area contributed by atoms with Crippen molar-refractivity contribution in [2.45, 2.75) is 45.1 Å². The molecule has 0 radical (unpaired) electrons. The molecule has 1 aliphatic heterocycles. The van der Waals surface area contributed by atoms with E-state index >= 15 is 0 Å². The molecule has 1 aliphatic rings. The summed E-state index contributed by atoms with van der Waals surface area (Å²) < 4.78 is 0. The molecule has 0 amide bonds. The van der Waals surface area contributed by atoms with Gasteiger partial charge in [-0.15, -0.1) is 0 Å². The highest BCUT2D eigenvalue weighted by Gasteiger charge is 2.29. The predicted octanol–water partition coefficient (Wildman–Crippen LogP) is 1.04. The Bertz CT molecular complexity index is 194. The molecule has 102 valence electrons. The number of hydrazine groups is 1. The molecule has 0 spiro atoms. The molecule has 4 heteroatoms. The van der Waals surface area contributed by atoms with Crippen LogP contribution in [0.5, 0.6) is 0 Å². The van der Waals surface area contributed by atoms with E-state index in [1.54, 1.807) is 0 Å². The van der Waals surface area contributed by atoms with E-state index in [1.807, 2.05) is 0 Å². The number of nitrogens with zero attached hydrogens (tertiary/aromatic N) is 2. The van der Waals surface area contributed by atoms with Gasteiger partial charge in [0.05, 0.1) is 0 Å². The smallest absolute Gasteiger partial charge is 0.0447 e. The molecule has 3 N–H and O–H groups in total. The molecule has 0 aromatic rings. The molecule has 0 aromatic heterocycles. The summed E-state index contributed by atoms with van der Waals surface area (Å²) in [7, 11) is 2.19. The Balaban J connectivity index is 2.52. The van der Waals surface area contributed by atoms with Crippen molar-refractivity contribution in [3.8, 4) is 0 Å². The second-order valence-corrected chi connectivity index (χ2v) is 5.39. The molecule has 17 heavy (non-hydrogen) atoms. The average molecular weight is 242 g/mol. The van der Waals surface area contributed by atoms with Crippen LogP contribution in [-0.2, 0) is 0 Å². The highest BCUT2D eigenvalue weighted by Crippen LogP contribution is 2.19. The van der Waals surface area contributed by atoms with Crippen LogP contribution < -0.4 is 11.2 Å². The topological polar surface area (TPSA) is 44.5 Å². The third-order valence-electron chi connectivity index (χ3n) is 3.75. The van der Waals surface area contributed by atoms with E-state index in [9.17, 15) is 0 Å². The number of hydrogen-bond acceptors (Lipinski definition) is 4. The molecule has 0 unspecified atom stereocenters. The van der Waals surface area contributed by atoms with Gasteiger partial charge in [0.2, 0.25) is 0 Å². The zero-order valence-corrected chi connectivity index (χ0v) is 11.8. The van der Waals surface area contributed by atoms with Gasteiger partial charge < -0.3 is 10.6 Å². The third-order valence-corrected chi connectivity index (χ3v) is 3.75. The molecule has 1 heterocycles. The van der Waals surface area contributed by atoms with Crippen molar-refractivity contribution in [2.24, 2.45) is 5.73 Å². The minimum atomic E-state index is 0.124. The van der Waals surface area contributed by atoms with Gasteiger partial charge in [-0.3, -0.25) is 0 Å². The maximum absolute atomic E-state index is 6.02. The lowest BCUT2D eigenvalue weighted by molar-refractivity contribution is 0.0470. The lowest BCUT2D eigenvalue weighted by atomic mass is 9.89. The number of nitrogens with one attached hydrogen (secondary N) is 1. The Morgan fingerprint density at radius 3 is 2.00 bits per heavy atom. The maximum atomic E-state index is 6.02. The molecule has 0 atom stereocenters. The maximum Gasteiger partial charge on any atom is 0.0447 e. The molecule has 1 fully saturated rings. The zero-order chi connectivity index (χ0) is 12.7. The van der Waals surface area contributed by atoms with Crippen LogP contribution in [0.3, 0.4) is 0 Å². The summed E-state index contributed by atoms with van der Waals surface area (Å²) in [6.07, 6.45) is 4.73. The summed E-state index contributed by atoms with van der Waals surface area (Å²) in [5.74, 6) is 0. The Hall–Kier alpha value is -0.160. The fraction of sp³-hybridized carbons (Fsp3) is 1.00. The molecule has 0 aliphatic carbocycles. The molecule has 4 nitrogen and oxygen atoms in total. The van der Waals surface area contributed by atoms with Crippen LogP contribution in [0.25, 0.3) is 0 Å². The first-order valence-corrected chi connectivity index (χ1v) is 7.07. The van der Waals surface area contributed by atoms with Gasteiger partial charge in [0.25, 0.3) is 0 Å². The molecule has 0 saturated carbocycles. The van der Waals surface area contributed by atoms with Gasteiger partial charge in [-0.05, 0) is 19.9 Å². The molecular weight excluding hydrogens is 212 g/mol. The van der Waals surface area contributed by atoms with Gasteiger partial charge in [-0.2, -0.15) is 0 Å². The summed E-state index contributed by atoms with van der Waals surface area (Å²) in [5, 5.41) is 2.37. The first kappa shape index (κ1) is 14.9. The van der Waals surface area contributed by atoms with E-state index < -0.39 is 0 Å². The number of hydrogen-bond donors (Lipinski definition) is 2. The van der Waals surface area contributed by atoms with Gasteiger partial charge in [0.15, 0.2) is 0 Å². The standard InChI is InChI=1S/C13H30N4/c1-4-6-13(12-14,7-5-2)15-17-10-8-16(3)9-11-17/h15H,4-12,14H2,1-3H3. The van der Waals surface area contributed by atoms with Crippen LogP contribution in [0.4, 0.5) is 0 Å². The number of likely N-dealkylation sites (N-methyl/N-ethyl adjacent to an activating group) is 1. The summed E-state index contributed by atoms with van der Waals surface area (Å²) in [6.45, 7) is 9.72. The Morgan fingerprint density at radius 2 is 1.59 bits per heavy atom. The van der Waals surface area contributed by atoms with E-state index in [-0.39, 0.29) is 5.54 Å². The highest BCUT2D eigenvalue weighted by molar-refractivity contribution is 4.88. The third kappa shape index (κ3) is 4.54. The van der Waals surface area contributed by atoms with Crippen molar-refractivity contribution in [1.29, 1.82) is 0 Å². The quantitative estimate of drug-likeness (QED) is 0.700. The molecule has 1 rings (SSSR count). The van der Waals surface area contributed by atoms with Crippen molar-refractivity contribution in [3.63, 3.8) is 0 Å².